The van der Waals surface area contributed by atoms with Crippen LogP contribution in [0.25, 0.3) is 0 Å². The Morgan fingerprint density at radius 2 is 1.72 bits per heavy atom. The monoisotopic (exact) mass is 703 g/mol. The van der Waals surface area contributed by atoms with Crippen LogP contribution >= 0.6 is 11.3 Å². The summed E-state index contributed by atoms with van der Waals surface area (Å²) in [5, 5.41) is 16.3. The van der Waals surface area contributed by atoms with Crippen molar-refractivity contribution in [2.45, 2.75) is 63.0 Å². The summed E-state index contributed by atoms with van der Waals surface area (Å²) in [5.41, 5.74) is -1.01. The topological polar surface area (TPSA) is 190 Å². The van der Waals surface area contributed by atoms with E-state index < -0.39 is 53.3 Å². The van der Waals surface area contributed by atoms with Gasteiger partial charge in [-0.15, -0.1) is 11.3 Å². The molecule has 2 aliphatic heterocycles. The summed E-state index contributed by atoms with van der Waals surface area (Å²) in [7, 11) is 0. The van der Waals surface area contributed by atoms with Gasteiger partial charge in [-0.1, -0.05) is 65.8 Å². The van der Waals surface area contributed by atoms with Crippen molar-refractivity contribution in [3.05, 3.63) is 82.9 Å². The van der Waals surface area contributed by atoms with Crippen molar-refractivity contribution < 1.29 is 38.3 Å². The zero-order valence-electron chi connectivity index (χ0n) is 27.6. The third kappa shape index (κ3) is 8.02. The molecule has 3 aliphatic rings. The molecular formula is C34H37N7O8S. The van der Waals surface area contributed by atoms with Crippen molar-refractivity contribution in [2.75, 3.05) is 25.0 Å². The van der Waals surface area contributed by atoms with E-state index in [-0.39, 0.29) is 42.0 Å². The lowest BCUT2D eigenvalue weighted by atomic mass is 9.98. The van der Waals surface area contributed by atoms with Gasteiger partial charge < -0.3 is 35.2 Å². The molecule has 1 aliphatic carbocycles. The number of hydrogen-bond acceptors (Lipinski definition) is 11. The Bertz CT molecular complexity index is 1750. The minimum Gasteiger partial charge on any atom is -0.450 e. The van der Waals surface area contributed by atoms with E-state index >= 15 is 0 Å². The van der Waals surface area contributed by atoms with Crippen LogP contribution < -0.4 is 21.3 Å². The van der Waals surface area contributed by atoms with Crippen LogP contribution in [0.3, 0.4) is 0 Å². The highest BCUT2D eigenvalue weighted by atomic mass is 32.1. The van der Waals surface area contributed by atoms with Crippen molar-refractivity contribution in [1.82, 2.24) is 25.8 Å². The molecule has 15 nitrogen and oxygen atoms in total. The second kappa shape index (κ2) is 14.2. The number of amides is 5. The first-order chi connectivity index (χ1) is 23.9. The fourth-order valence-electron chi connectivity index (χ4n) is 5.31. The number of esters is 1. The number of rotatable bonds is 12. The molecule has 2 atom stereocenters. The molecule has 262 valence electrons. The van der Waals surface area contributed by atoms with Crippen LogP contribution in [0.5, 0.6) is 0 Å². The number of oxime groups is 1. The third-order valence-electron chi connectivity index (χ3n) is 8.05. The molecular weight excluding hydrogens is 666 g/mol. The van der Waals surface area contributed by atoms with Crippen LogP contribution in [0.15, 0.2) is 71.2 Å². The number of thiazole rings is 1. The van der Waals surface area contributed by atoms with E-state index in [0.29, 0.717) is 13.1 Å². The first-order valence-electron chi connectivity index (χ1n) is 16.1. The highest BCUT2D eigenvalue weighted by molar-refractivity contribution is 7.14. The van der Waals surface area contributed by atoms with Crippen LogP contribution in [0.4, 0.5) is 14.7 Å². The Kier molecular flexibility index (Phi) is 9.72. The smallest absolute Gasteiger partial charge is 0.413 e. The van der Waals surface area contributed by atoms with Gasteiger partial charge in [0.1, 0.15) is 17.3 Å². The van der Waals surface area contributed by atoms with Gasteiger partial charge in [0, 0.05) is 37.9 Å². The van der Waals surface area contributed by atoms with Crippen LogP contribution in [0, 0.1) is 0 Å². The van der Waals surface area contributed by atoms with E-state index in [1.54, 1.807) is 20.8 Å². The number of benzene rings is 2. The normalized spacial score (nSPS) is 19.5. The van der Waals surface area contributed by atoms with Crippen molar-refractivity contribution in [2.24, 2.45) is 5.16 Å². The maximum atomic E-state index is 13.8. The number of carbonyl (C=O) groups excluding carboxylic acids is 5. The van der Waals surface area contributed by atoms with Crippen molar-refractivity contribution >= 4 is 52.1 Å². The number of urea groups is 1. The SMILES string of the molecule is CC(C)(C)OC(=O)Nc1nc(C(=NOC2(C(=O)OC(c3ccccc3)c3ccccc3)CC2)C(=O)N[C@@H]2C(=O)N[C@H]2CN2CCNC2=O)cs1. The van der Waals surface area contributed by atoms with Gasteiger partial charge in [-0.2, -0.15) is 0 Å². The average Bonchev–Trinajstić information content (AvgIpc) is 3.56. The number of nitrogens with one attached hydrogen (secondary N) is 4. The Labute approximate surface area is 291 Å². The van der Waals surface area contributed by atoms with E-state index in [1.807, 2.05) is 60.7 Å². The maximum absolute atomic E-state index is 13.8. The minimum absolute atomic E-state index is 0.0179. The number of carbonyl (C=O) groups is 5. The molecule has 0 bridgehead atoms. The van der Waals surface area contributed by atoms with Gasteiger partial charge >= 0.3 is 18.1 Å². The molecule has 0 spiro atoms. The van der Waals surface area contributed by atoms with Gasteiger partial charge in [-0.05, 0) is 31.9 Å². The molecule has 1 saturated carbocycles. The predicted octanol–water partition coefficient (Wildman–Crippen LogP) is 3.08. The summed E-state index contributed by atoms with van der Waals surface area (Å²) in [6.07, 6.45) is -0.893. The summed E-state index contributed by atoms with van der Waals surface area (Å²) < 4.78 is 11.3. The molecule has 50 heavy (non-hydrogen) atoms. The fraction of sp³-hybridized carbons (Fsp3) is 0.382. The van der Waals surface area contributed by atoms with Crippen LogP contribution in [-0.4, -0.2) is 88.4 Å². The highest BCUT2D eigenvalue weighted by Crippen LogP contribution is 2.43. The Morgan fingerprint density at radius 1 is 1.06 bits per heavy atom. The van der Waals surface area contributed by atoms with Gasteiger partial charge in [-0.3, -0.25) is 14.9 Å². The number of hydrogen-bond donors (Lipinski definition) is 4. The molecule has 1 aromatic heterocycles. The van der Waals surface area contributed by atoms with E-state index in [4.69, 9.17) is 14.3 Å². The van der Waals surface area contributed by atoms with Gasteiger partial charge in [0.25, 0.3) is 5.91 Å². The van der Waals surface area contributed by atoms with E-state index in [1.165, 1.54) is 10.3 Å². The van der Waals surface area contributed by atoms with Gasteiger partial charge in [0.2, 0.25) is 11.5 Å². The first kappa shape index (κ1) is 34.4. The molecule has 6 rings (SSSR count). The third-order valence-corrected chi connectivity index (χ3v) is 8.81. The molecule has 16 heteroatoms. The molecule has 0 unspecified atom stereocenters. The molecule has 3 fully saturated rings. The zero-order valence-corrected chi connectivity index (χ0v) is 28.5. The Balaban J connectivity index is 1.22. The molecule has 3 aromatic rings. The summed E-state index contributed by atoms with van der Waals surface area (Å²) >= 11 is 1.01. The standard InChI is InChI=1S/C34H37N7O8S/c1-33(2,3)48-32(46)39-30-37-23(19-50-30)25(28(43)38-24-22(36-27(24)42)18-41-17-16-35-31(41)45)40-49-34(14-15-34)29(44)47-26(20-10-6-4-7-11-20)21-12-8-5-9-13-21/h4-13,19,22,24,26H,14-18H2,1-3H3,(H,35,45)(H,36,42)(H,38,43)(H,37,39,46)/t22-,24-/m0/s1. The van der Waals surface area contributed by atoms with Crippen molar-refractivity contribution in [3.8, 4) is 0 Å². The molecule has 0 radical (unpaired) electrons. The second-order valence-corrected chi connectivity index (χ2v) is 13.9. The van der Waals surface area contributed by atoms with Crippen molar-refractivity contribution in [1.29, 1.82) is 0 Å². The lowest BCUT2D eigenvalue weighted by molar-refractivity contribution is -0.164. The number of β-lactam (4-membered cyclic amide) rings is 1. The predicted molar refractivity (Wildman–Crippen MR) is 181 cm³/mol. The van der Waals surface area contributed by atoms with E-state index in [2.05, 4.69) is 31.4 Å². The summed E-state index contributed by atoms with van der Waals surface area (Å²) in [5.74, 6) is -1.92. The second-order valence-electron chi connectivity index (χ2n) is 13.0. The Morgan fingerprint density at radius 3 is 2.28 bits per heavy atom. The Hall–Kier alpha value is -5.51. The number of ether oxygens (including phenoxy) is 2. The van der Waals surface area contributed by atoms with Crippen LogP contribution in [0.2, 0.25) is 0 Å². The molecule has 3 heterocycles. The van der Waals surface area contributed by atoms with Crippen molar-refractivity contribution in [3.63, 3.8) is 0 Å². The fourth-order valence-corrected chi connectivity index (χ4v) is 5.99. The van der Waals surface area contributed by atoms with E-state index in [9.17, 15) is 24.0 Å². The van der Waals surface area contributed by atoms with Crippen LogP contribution in [0.1, 0.15) is 56.5 Å². The maximum Gasteiger partial charge on any atom is 0.413 e. The summed E-state index contributed by atoms with van der Waals surface area (Å²) in [4.78, 5) is 76.1. The number of nitrogens with zero attached hydrogens (tertiary/aromatic N) is 3. The van der Waals surface area contributed by atoms with Gasteiger partial charge in [0.05, 0.1) is 6.04 Å². The van der Waals surface area contributed by atoms with E-state index in [0.717, 1.165) is 22.5 Å². The minimum atomic E-state index is -1.46. The zero-order chi connectivity index (χ0) is 35.5. The molecule has 2 aromatic carbocycles. The van der Waals surface area contributed by atoms with Gasteiger partial charge in [0.15, 0.2) is 16.9 Å². The largest absolute Gasteiger partial charge is 0.450 e. The molecule has 5 amide bonds. The number of aromatic nitrogens is 1. The van der Waals surface area contributed by atoms with Gasteiger partial charge in [-0.25, -0.2) is 19.4 Å². The first-order valence-corrected chi connectivity index (χ1v) is 17.0. The molecule has 2 saturated heterocycles. The average molecular weight is 704 g/mol. The lowest BCUT2D eigenvalue weighted by Gasteiger charge is -2.38. The van der Waals surface area contributed by atoms with Crippen LogP contribution in [-0.2, 0) is 28.7 Å². The lowest BCUT2D eigenvalue weighted by Crippen LogP contribution is -2.72. The number of anilines is 1. The highest BCUT2D eigenvalue weighted by Gasteiger charge is 2.56. The summed E-state index contributed by atoms with van der Waals surface area (Å²) in [6, 6.07) is 16.8. The molecule has 4 N–H and O–H groups in total. The quantitative estimate of drug-likeness (QED) is 0.0951. The summed E-state index contributed by atoms with van der Waals surface area (Å²) in [6.45, 7) is 6.28.